The van der Waals surface area contributed by atoms with Crippen LogP contribution in [0.25, 0.3) is 0 Å². The molecular weight excluding hydrogens is 290 g/mol. The summed E-state index contributed by atoms with van der Waals surface area (Å²) in [6.45, 7) is -0.167. The minimum absolute atomic E-state index is 0.0330. The Balaban J connectivity index is 1.80. The molecule has 0 bridgehead atoms. The minimum Gasteiger partial charge on any atom is -0.504 e. The van der Waals surface area contributed by atoms with E-state index in [1.54, 1.807) is 18.2 Å². The normalized spacial score (nSPS) is 9.71. The zero-order valence-electron chi connectivity index (χ0n) is 10.9. The van der Waals surface area contributed by atoms with Crippen LogP contribution in [0.2, 0.25) is 0 Å². The average Bonchev–Trinajstić information content (AvgIpc) is 2.48. The molecular formula is C14H13N3O3S. The Labute approximate surface area is 126 Å². The molecule has 0 atom stereocenters. The molecule has 0 aliphatic rings. The van der Waals surface area contributed by atoms with Gasteiger partial charge in [0, 0.05) is 6.20 Å². The largest absolute Gasteiger partial charge is 0.504 e. The van der Waals surface area contributed by atoms with Gasteiger partial charge >= 0.3 is 0 Å². The fourth-order valence-electron chi connectivity index (χ4n) is 1.46. The van der Waals surface area contributed by atoms with Gasteiger partial charge in [0.05, 0.1) is 0 Å². The van der Waals surface area contributed by atoms with Crippen molar-refractivity contribution in [2.75, 3.05) is 11.9 Å². The van der Waals surface area contributed by atoms with Gasteiger partial charge in [0.15, 0.2) is 23.3 Å². The molecule has 0 fully saturated rings. The lowest BCUT2D eigenvalue weighted by Gasteiger charge is -2.10. The van der Waals surface area contributed by atoms with E-state index in [2.05, 4.69) is 15.6 Å². The lowest BCUT2D eigenvalue weighted by molar-refractivity contribution is -0.121. The number of nitrogens with zero attached hydrogens (tertiary/aromatic N) is 1. The maximum atomic E-state index is 11.7. The highest BCUT2D eigenvalue weighted by molar-refractivity contribution is 7.80. The minimum atomic E-state index is -0.410. The third-order valence-corrected chi connectivity index (χ3v) is 2.59. The molecule has 0 aliphatic heterocycles. The van der Waals surface area contributed by atoms with E-state index < -0.39 is 5.91 Å². The standard InChI is InChI=1S/C14H13N3O3S/c18-11-7-4-8-15-13(11)17-14(21)16-12(19)9-20-10-5-2-1-3-6-10/h1-8,18H,9H2,(H2,15,16,17,19,21). The molecule has 0 aliphatic carbocycles. The second-order valence-corrected chi connectivity index (χ2v) is 4.38. The van der Waals surface area contributed by atoms with Crippen molar-refractivity contribution in [2.45, 2.75) is 0 Å². The maximum absolute atomic E-state index is 11.7. The number of ether oxygens (including phenoxy) is 1. The van der Waals surface area contributed by atoms with Gasteiger partial charge in [-0.15, -0.1) is 0 Å². The maximum Gasteiger partial charge on any atom is 0.264 e. The van der Waals surface area contributed by atoms with Crippen LogP contribution in [0.4, 0.5) is 5.82 Å². The van der Waals surface area contributed by atoms with Gasteiger partial charge in [-0.2, -0.15) is 0 Å². The van der Waals surface area contributed by atoms with Gasteiger partial charge in [-0.1, -0.05) is 18.2 Å². The summed E-state index contributed by atoms with van der Waals surface area (Å²) in [6, 6.07) is 12.0. The molecule has 3 N–H and O–H groups in total. The first-order valence-electron chi connectivity index (χ1n) is 6.08. The van der Waals surface area contributed by atoms with E-state index in [9.17, 15) is 9.90 Å². The fourth-order valence-corrected chi connectivity index (χ4v) is 1.67. The van der Waals surface area contributed by atoms with E-state index in [1.165, 1.54) is 12.3 Å². The van der Waals surface area contributed by atoms with Gasteiger partial charge in [0.1, 0.15) is 5.75 Å². The summed E-state index contributed by atoms with van der Waals surface area (Å²) in [5, 5.41) is 14.6. The van der Waals surface area contributed by atoms with Crippen LogP contribution in [0.15, 0.2) is 48.7 Å². The molecule has 0 saturated heterocycles. The summed E-state index contributed by atoms with van der Waals surface area (Å²) < 4.78 is 5.28. The van der Waals surface area contributed by atoms with Crippen LogP contribution in [0, 0.1) is 0 Å². The number of carbonyl (C=O) groups is 1. The van der Waals surface area contributed by atoms with Crippen LogP contribution in [0.3, 0.4) is 0 Å². The van der Waals surface area contributed by atoms with E-state index in [4.69, 9.17) is 17.0 Å². The summed E-state index contributed by atoms with van der Waals surface area (Å²) in [5.74, 6) is 0.294. The number of nitrogens with one attached hydrogen (secondary N) is 2. The van der Waals surface area contributed by atoms with E-state index in [-0.39, 0.29) is 23.3 Å². The number of anilines is 1. The molecule has 7 heteroatoms. The summed E-state index contributed by atoms with van der Waals surface area (Å²) >= 11 is 4.95. The summed E-state index contributed by atoms with van der Waals surface area (Å²) in [5.41, 5.74) is 0. The first-order valence-corrected chi connectivity index (χ1v) is 6.48. The first kappa shape index (κ1) is 14.7. The van der Waals surface area contributed by atoms with Crippen molar-refractivity contribution < 1.29 is 14.6 Å². The van der Waals surface area contributed by atoms with Crippen molar-refractivity contribution in [1.29, 1.82) is 0 Å². The van der Waals surface area contributed by atoms with Crippen LogP contribution in [0.1, 0.15) is 0 Å². The van der Waals surface area contributed by atoms with Gasteiger partial charge in [0.2, 0.25) is 0 Å². The number of para-hydroxylation sites is 1. The molecule has 0 spiro atoms. The van der Waals surface area contributed by atoms with Crippen molar-refractivity contribution in [1.82, 2.24) is 10.3 Å². The molecule has 0 radical (unpaired) electrons. The predicted octanol–water partition coefficient (Wildman–Crippen LogP) is 1.68. The summed E-state index contributed by atoms with van der Waals surface area (Å²) in [4.78, 5) is 15.5. The van der Waals surface area contributed by atoms with Crippen LogP contribution in [-0.4, -0.2) is 27.7 Å². The van der Waals surface area contributed by atoms with Gasteiger partial charge in [-0.05, 0) is 36.5 Å². The van der Waals surface area contributed by atoms with Crippen molar-refractivity contribution in [3.63, 3.8) is 0 Å². The predicted molar refractivity (Wildman–Crippen MR) is 82.2 cm³/mol. The second kappa shape index (κ2) is 7.20. The molecule has 21 heavy (non-hydrogen) atoms. The zero-order valence-corrected chi connectivity index (χ0v) is 11.8. The molecule has 1 aromatic heterocycles. The molecule has 1 amide bonds. The molecule has 1 heterocycles. The number of amides is 1. The zero-order chi connectivity index (χ0) is 15.1. The number of hydrogen-bond acceptors (Lipinski definition) is 5. The highest BCUT2D eigenvalue weighted by Crippen LogP contribution is 2.17. The van der Waals surface area contributed by atoms with Crippen molar-refractivity contribution in [2.24, 2.45) is 0 Å². The SMILES string of the molecule is O=C(COc1ccccc1)NC(=S)Nc1ncccc1O. The van der Waals surface area contributed by atoms with Gasteiger partial charge < -0.3 is 15.2 Å². The number of carbonyl (C=O) groups excluding carboxylic acids is 1. The lowest BCUT2D eigenvalue weighted by Crippen LogP contribution is -2.37. The smallest absolute Gasteiger partial charge is 0.264 e. The highest BCUT2D eigenvalue weighted by Gasteiger charge is 2.08. The Morgan fingerprint density at radius 2 is 2.00 bits per heavy atom. The molecule has 6 nitrogen and oxygen atoms in total. The molecule has 2 rings (SSSR count). The second-order valence-electron chi connectivity index (χ2n) is 3.98. The molecule has 0 unspecified atom stereocenters. The Morgan fingerprint density at radius 3 is 2.71 bits per heavy atom. The highest BCUT2D eigenvalue weighted by atomic mass is 32.1. The molecule has 1 aromatic carbocycles. The first-order chi connectivity index (χ1) is 10.1. The number of aromatic hydroxyl groups is 1. The average molecular weight is 303 g/mol. The third-order valence-electron chi connectivity index (χ3n) is 2.38. The lowest BCUT2D eigenvalue weighted by atomic mass is 10.3. The Bertz CT molecular complexity index is 634. The fraction of sp³-hybridized carbons (Fsp3) is 0.0714. The Hall–Kier alpha value is -2.67. The van der Waals surface area contributed by atoms with Gasteiger partial charge in [-0.25, -0.2) is 4.98 Å². The molecule has 0 saturated carbocycles. The van der Waals surface area contributed by atoms with Crippen molar-refractivity contribution >= 4 is 29.1 Å². The van der Waals surface area contributed by atoms with Crippen LogP contribution in [0.5, 0.6) is 11.5 Å². The Kier molecular flexibility index (Phi) is 5.05. The van der Waals surface area contributed by atoms with Crippen LogP contribution in [-0.2, 0) is 4.79 Å². The Morgan fingerprint density at radius 1 is 1.24 bits per heavy atom. The van der Waals surface area contributed by atoms with E-state index in [0.29, 0.717) is 5.75 Å². The van der Waals surface area contributed by atoms with E-state index in [0.717, 1.165) is 0 Å². The number of rotatable bonds is 4. The quantitative estimate of drug-likeness (QED) is 0.745. The van der Waals surface area contributed by atoms with Crippen molar-refractivity contribution in [3.8, 4) is 11.5 Å². The number of hydrogen-bond donors (Lipinski definition) is 3. The van der Waals surface area contributed by atoms with E-state index >= 15 is 0 Å². The number of thiocarbonyl (C=S) groups is 1. The number of aromatic nitrogens is 1. The van der Waals surface area contributed by atoms with Gasteiger partial charge in [0.25, 0.3) is 5.91 Å². The summed E-state index contributed by atoms with van der Waals surface area (Å²) in [6.07, 6.45) is 1.49. The third kappa shape index (κ3) is 4.73. The van der Waals surface area contributed by atoms with Crippen molar-refractivity contribution in [3.05, 3.63) is 48.7 Å². The topological polar surface area (TPSA) is 83.5 Å². The number of benzene rings is 1. The molecule has 2 aromatic rings. The number of pyridine rings is 1. The van der Waals surface area contributed by atoms with Gasteiger partial charge in [-0.3, -0.25) is 10.1 Å². The monoisotopic (exact) mass is 303 g/mol. The van der Waals surface area contributed by atoms with Crippen LogP contribution < -0.4 is 15.4 Å². The molecule has 108 valence electrons. The van der Waals surface area contributed by atoms with Crippen LogP contribution >= 0.6 is 12.2 Å². The van der Waals surface area contributed by atoms with E-state index in [1.807, 2.05) is 18.2 Å². The summed E-state index contributed by atoms with van der Waals surface area (Å²) in [7, 11) is 0.